The summed E-state index contributed by atoms with van der Waals surface area (Å²) < 4.78 is 29.6. The van der Waals surface area contributed by atoms with Gasteiger partial charge in [0.25, 0.3) is 0 Å². The molecule has 0 spiro atoms. The molecule has 0 bridgehead atoms. The van der Waals surface area contributed by atoms with Gasteiger partial charge in [0.1, 0.15) is 5.75 Å². The van der Waals surface area contributed by atoms with Crippen LogP contribution in [0, 0.1) is 6.92 Å². The van der Waals surface area contributed by atoms with Crippen molar-refractivity contribution >= 4 is 0 Å². The van der Waals surface area contributed by atoms with Crippen molar-refractivity contribution in [2.75, 3.05) is 0 Å². The molecule has 0 saturated carbocycles. The number of ether oxygens (including phenoxy) is 1. The molecule has 1 aromatic rings. The van der Waals surface area contributed by atoms with Crippen LogP contribution < -0.4 is 4.74 Å². The summed E-state index contributed by atoms with van der Waals surface area (Å²) in [5.41, 5.74) is 0.995. The highest BCUT2D eigenvalue weighted by Crippen LogP contribution is 2.22. The Kier molecular flexibility index (Phi) is 2.66. The van der Waals surface area contributed by atoms with E-state index in [1.807, 2.05) is 6.92 Å². The molecule has 70 valence electrons. The van der Waals surface area contributed by atoms with Gasteiger partial charge in [-0.2, -0.15) is 8.78 Å². The van der Waals surface area contributed by atoms with Crippen molar-refractivity contribution in [1.82, 2.24) is 0 Å². The monoisotopic (exact) mass is 184 g/mol. The fraction of sp³-hybridized carbons (Fsp3) is 0.200. The molecule has 0 saturated heterocycles. The third kappa shape index (κ3) is 2.86. The van der Waals surface area contributed by atoms with E-state index >= 15 is 0 Å². The molecule has 1 aromatic carbocycles. The molecule has 1 nitrogen and oxygen atoms in total. The van der Waals surface area contributed by atoms with Gasteiger partial charge in [-0.1, -0.05) is 24.3 Å². The Hall–Kier alpha value is -1.38. The van der Waals surface area contributed by atoms with Crippen LogP contribution in [0.25, 0.3) is 0 Å². The molecule has 0 aliphatic carbocycles. The fourth-order valence-corrected chi connectivity index (χ4v) is 0.805. The maximum Gasteiger partial charge on any atom is 0.419 e. The van der Waals surface area contributed by atoms with Gasteiger partial charge in [-0.25, -0.2) is 0 Å². The zero-order valence-electron chi connectivity index (χ0n) is 7.26. The van der Waals surface area contributed by atoms with Crippen molar-refractivity contribution < 1.29 is 13.5 Å². The van der Waals surface area contributed by atoms with Crippen LogP contribution >= 0.6 is 0 Å². The molecule has 13 heavy (non-hydrogen) atoms. The van der Waals surface area contributed by atoms with Gasteiger partial charge in [-0.15, -0.1) is 0 Å². The average molecular weight is 184 g/mol. The number of halogens is 2. The lowest BCUT2D eigenvalue weighted by molar-refractivity contribution is -0.131. The Balaban J connectivity index is 2.75. The number of aryl methyl sites for hydroxylation is 1. The first-order valence-corrected chi connectivity index (χ1v) is 3.80. The van der Waals surface area contributed by atoms with Crippen molar-refractivity contribution in [2.24, 2.45) is 0 Å². The summed E-state index contributed by atoms with van der Waals surface area (Å²) in [6.45, 7) is 4.84. The summed E-state index contributed by atoms with van der Waals surface area (Å²) in [5.74, 6) is 0.135. The van der Waals surface area contributed by atoms with Gasteiger partial charge in [-0.05, 0) is 19.1 Å². The van der Waals surface area contributed by atoms with E-state index < -0.39 is 6.11 Å². The van der Waals surface area contributed by atoms with Crippen LogP contribution in [0.1, 0.15) is 5.56 Å². The minimum atomic E-state index is -3.30. The minimum Gasteiger partial charge on any atom is -0.429 e. The van der Waals surface area contributed by atoms with Crippen LogP contribution in [-0.4, -0.2) is 6.11 Å². The molecule has 0 radical (unpaired) electrons. The maximum atomic E-state index is 12.6. The molecule has 3 heteroatoms. The van der Waals surface area contributed by atoms with E-state index in [-0.39, 0.29) is 5.75 Å². The Morgan fingerprint density at radius 2 is 1.85 bits per heavy atom. The normalized spacial score (nSPS) is 11.0. The third-order valence-corrected chi connectivity index (χ3v) is 1.51. The van der Waals surface area contributed by atoms with E-state index in [4.69, 9.17) is 0 Å². The van der Waals surface area contributed by atoms with Gasteiger partial charge in [0.15, 0.2) is 0 Å². The van der Waals surface area contributed by atoms with E-state index in [9.17, 15) is 8.78 Å². The van der Waals surface area contributed by atoms with Gasteiger partial charge in [0.2, 0.25) is 0 Å². The Bertz CT molecular complexity index is 290. The molecule has 0 unspecified atom stereocenters. The zero-order valence-corrected chi connectivity index (χ0v) is 7.26. The lowest BCUT2D eigenvalue weighted by Crippen LogP contribution is -2.20. The van der Waals surface area contributed by atoms with Gasteiger partial charge < -0.3 is 4.74 Å². The molecule has 0 heterocycles. The van der Waals surface area contributed by atoms with Crippen LogP contribution in [0.5, 0.6) is 5.75 Å². The SMILES string of the molecule is C=CC(F)(F)Oc1ccc(C)cc1. The Morgan fingerprint density at radius 3 is 2.31 bits per heavy atom. The molecule has 0 amide bonds. The number of hydrogen-bond acceptors (Lipinski definition) is 1. The second-order valence-corrected chi connectivity index (χ2v) is 2.68. The Labute approximate surface area is 75.6 Å². The molecule has 0 aliphatic heterocycles. The fourth-order valence-electron chi connectivity index (χ4n) is 0.805. The topological polar surface area (TPSA) is 9.23 Å². The van der Waals surface area contributed by atoms with Gasteiger partial charge in [0, 0.05) is 6.08 Å². The molecule has 0 atom stereocenters. The predicted molar refractivity (Wildman–Crippen MR) is 47.0 cm³/mol. The quantitative estimate of drug-likeness (QED) is 0.655. The van der Waals surface area contributed by atoms with E-state index in [1.54, 1.807) is 12.1 Å². The van der Waals surface area contributed by atoms with E-state index in [0.717, 1.165) is 5.56 Å². The van der Waals surface area contributed by atoms with Crippen molar-refractivity contribution in [1.29, 1.82) is 0 Å². The first-order chi connectivity index (χ1) is 6.03. The third-order valence-electron chi connectivity index (χ3n) is 1.51. The number of benzene rings is 1. The number of hydrogen-bond donors (Lipinski definition) is 0. The van der Waals surface area contributed by atoms with Crippen LogP contribution in [0.4, 0.5) is 8.78 Å². The molecule has 0 fully saturated rings. The predicted octanol–water partition coefficient (Wildman–Crippen LogP) is 3.15. The standard InChI is InChI=1S/C10H10F2O/c1-3-10(11,12)13-9-6-4-8(2)5-7-9/h3-7H,1H2,2H3. The summed E-state index contributed by atoms with van der Waals surface area (Å²) in [7, 11) is 0. The van der Waals surface area contributed by atoms with E-state index in [1.165, 1.54) is 12.1 Å². The second kappa shape index (κ2) is 3.56. The number of rotatable bonds is 3. The second-order valence-electron chi connectivity index (χ2n) is 2.68. The largest absolute Gasteiger partial charge is 0.429 e. The van der Waals surface area contributed by atoms with Crippen LogP contribution in [-0.2, 0) is 0 Å². The minimum absolute atomic E-state index is 0.135. The summed E-state index contributed by atoms with van der Waals surface area (Å²) in [5, 5.41) is 0. The van der Waals surface area contributed by atoms with E-state index in [0.29, 0.717) is 6.08 Å². The van der Waals surface area contributed by atoms with Crippen molar-refractivity contribution in [2.45, 2.75) is 13.0 Å². The molecular formula is C10H10F2O. The molecule has 0 N–H and O–H groups in total. The Morgan fingerprint density at radius 1 is 1.31 bits per heavy atom. The highest BCUT2D eigenvalue weighted by molar-refractivity contribution is 5.26. The molecule has 1 rings (SSSR count). The van der Waals surface area contributed by atoms with Crippen molar-refractivity contribution in [3.8, 4) is 5.75 Å². The van der Waals surface area contributed by atoms with E-state index in [2.05, 4.69) is 11.3 Å². The van der Waals surface area contributed by atoms with Gasteiger partial charge in [0.05, 0.1) is 0 Å². The van der Waals surface area contributed by atoms with Crippen LogP contribution in [0.15, 0.2) is 36.9 Å². The van der Waals surface area contributed by atoms with Gasteiger partial charge in [-0.3, -0.25) is 0 Å². The summed E-state index contributed by atoms with van der Waals surface area (Å²) in [4.78, 5) is 0. The highest BCUT2D eigenvalue weighted by atomic mass is 19.3. The molecule has 0 aromatic heterocycles. The van der Waals surface area contributed by atoms with Crippen molar-refractivity contribution in [3.05, 3.63) is 42.5 Å². The molecular weight excluding hydrogens is 174 g/mol. The summed E-state index contributed by atoms with van der Waals surface area (Å²) in [6, 6.07) is 6.39. The highest BCUT2D eigenvalue weighted by Gasteiger charge is 2.26. The number of alkyl halides is 2. The average Bonchev–Trinajstić information content (AvgIpc) is 2.09. The smallest absolute Gasteiger partial charge is 0.419 e. The maximum absolute atomic E-state index is 12.6. The lowest BCUT2D eigenvalue weighted by atomic mass is 10.2. The van der Waals surface area contributed by atoms with Gasteiger partial charge >= 0.3 is 6.11 Å². The van der Waals surface area contributed by atoms with Crippen LogP contribution in [0.3, 0.4) is 0 Å². The van der Waals surface area contributed by atoms with Crippen LogP contribution in [0.2, 0.25) is 0 Å². The first-order valence-electron chi connectivity index (χ1n) is 3.80. The summed E-state index contributed by atoms with van der Waals surface area (Å²) in [6.07, 6.45) is -2.83. The summed E-state index contributed by atoms with van der Waals surface area (Å²) >= 11 is 0. The molecule has 0 aliphatic rings. The van der Waals surface area contributed by atoms with Crippen molar-refractivity contribution in [3.63, 3.8) is 0 Å². The zero-order chi connectivity index (χ0) is 9.90. The first kappa shape index (κ1) is 9.71. The lowest BCUT2D eigenvalue weighted by Gasteiger charge is -2.13.